The zero-order chi connectivity index (χ0) is 11.3. The number of anilines is 1. The van der Waals surface area contributed by atoms with Gasteiger partial charge in [-0.15, -0.1) is 0 Å². The lowest BCUT2D eigenvalue weighted by Crippen LogP contribution is -2.06. The Morgan fingerprint density at radius 2 is 2.00 bits per heavy atom. The molecule has 0 bridgehead atoms. The molecule has 0 heterocycles. The number of methoxy groups -OCH3 is 1. The van der Waals surface area contributed by atoms with Crippen LogP contribution in [-0.4, -0.2) is 20.3 Å². The van der Waals surface area contributed by atoms with Crippen molar-refractivity contribution in [2.24, 2.45) is 0 Å². The van der Waals surface area contributed by atoms with E-state index in [0.29, 0.717) is 18.7 Å². The molecule has 0 aliphatic rings. The third-order valence-electron chi connectivity index (χ3n) is 2.09. The molecule has 84 valence electrons. The summed E-state index contributed by atoms with van der Waals surface area (Å²) < 4.78 is 31.2. The lowest BCUT2D eigenvalue weighted by atomic mass is 10.2. The molecule has 2 nitrogen and oxygen atoms in total. The van der Waals surface area contributed by atoms with E-state index in [1.807, 2.05) is 0 Å². The largest absolute Gasteiger partial charge is 0.385 e. The molecule has 1 aromatic carbocycles. The molecule has 0 spiro atoms. The third-order valence-corrected chi connectivity index (χ3v) is 2.09. The average Bonchev–Trinajstić information content (AvgIpc) is 2.20. The quantitative estimate of drug-likeness (QED) is 0.762. The number of nitrogens with one attached hydrogen (secondary N) is 1. The van der Waals surface area contributed by atoms with Crippen LogP contribution in [0.3, 0.4) is 0 Å². The second-order valence-electron chi connectivity index (χ2n) is 3.35. The highest BCUT2D eigenvalue weighted by molar-refractivity contribution is 5.46. The van der Waals surface area contributed by atoms with Gasteiger partial charge >= 0.3 is 0 Å². The molecule has 15 heavy (non-hydrogen) atoms. The third kappa shape index (κ3) is 3.47. The van der Waals surface area contributed by atoms with E-state index in [1.54, 1.807) is 7.11 Å². The van der Waals surface area contributed by atoms with Crippen molar-refractivity contribution in [3.63, 3.8) is 0 Å². The second-order valence-corrected chi connectivity index (χ2v) is 3.35. The molecular formula is C11H15F2NO. The smallest absolute Gasteiger partial charge is 0.146 e. The van der Waals surface area contributed by atoms with Crippen molar-refractivity contribution in [2.75, 3.05) is 25.6 Å². The van der Waals surface area contributed by atoms with Gasteiger partial charge in [0.25, 0.3) is 0 Å². The predicted octanol–water partition coefficient (Wildman–Crippen LogP) is 2.72. The van der Waals surface area contributed by atoms with E-state index < -0.39 is 11.6 Å². The molecule has 1 rings (SSSR count). The van der Waals surface area contributed by atoms with E-state index in [9.17, 15) is 8.78 Å². The van der Waals surface area contributed by atoms with Crippen LogP contribution < -0.4 is 5.32 Å². The molecule has 0 aliphatic heterocycles. The average molecular weight is 215 g/mol. The van der Waals surface area contributed by atoms with Gasteiger partial charge < -0.3 is 10.1 Å². The molecule has 0 atom stereocenters. The minimum atomic E-state index is -0.425. The Morgan fingerprint density at radius 3 is 2.67 bits per heavy atom. The van der Waals surface area contributed by atoms with Gasteiger partial charge in [-0.3, -0.25) is 0 Å². The molecule has 0 amide bonds. The maximum absolute atomic E-state index is 13.3. The topological polar surface area (TPSA) is 21.3 Å². The van der Waals surface area contributed by atoms with Crippen molar-refractivity contribution < 1.29 is 13.5 Å². The lowest BCUT2D eigenvalue weighted by molar-refractivity contribution is 0.197. The fraction of sp³-hybridized carbons (Fsp3) is 0.455. The summed E-state index contributed by atoms with van der Waals surface area (Å²) in [5, 5.41) is 2.82. The summed E-state index contributed by atoms with van der Waals surface area (Å²) in [6, 6.07) is 2.37. The van der Waals surface area contributed by atoms with Crippen LogP contribution in [0, 0.1) is 18.6 Å². The monoisotopic (exact) mass is 215 g/mol. The van der Waals surface area contributed by atoms with Gasteiger partial charge in [-0.25, -0.2) is 8.78 Å². The molecule has 1 aromatic rings. The number of hydrogen-bond acceptors (Lipinski definition) is 2. The molecule has 0 saturated carbocycles. The maximum atomic E-state index is 13.3. The Morgan fingerprint density at radius 1 is 1.27 bits per heavy atom. The van der Waals surface area contributed by atoms with Crippen molar-refractivity contribution in [3.05, 3.63) is 29.3 Å². The summed E-state index contributed by atoms with van der Waals surface area (Å²) in [4.78, 5) is 0. The number of hydrogen-bond donors (Lipinski definition) is 1. The highest BCUT2D eigenvalue weighted by Crippen LogP contribution is 2.18. The molecule has 4 heteroatoms. The highest BCUT2D eigenvalue weighted by atomic mass is 19.1. The Bertz CT molecular complexity index is 329. The van der Waals surface area contributed by atoms with Gasteiger partial charge in [0, 0.05) is 26.3 Å². The van der Waals surface area contributed by atoms with Crippen LogP contribution in [0.4, 0.5) is 14.5 Å². The van der Waals surface area contributed by atoms with Gasteiger partial charge in [0.2, 0.25) is 0 Å². The first kappa shape index (κ1) is 11.9. The Balaban J connectivity index is 2.57. The number of ether oxygens (including phenoxy) is 1. The molecule has 0 radical (unpaired) electrons. The van der Waals surface area contributed by atoms with Gasteiger partial charge in [0.1, 0.15) is 11.6 Å². The zero-order valence-corrected chi connectivity index (χ0v) is 8.94. The molecular weight excluding hydrogens is 200 g/mol. The van der Waals surface area contributed by atoms with Crippen molar-refractivity contribution in [3.8, 4) is 0 Å². The van der Waals surface area contributed by atoms with E-state index >= 15 is 0 Å². The van der Waals surface area contributed by atoms with Gasteiger partial charge in [-0.2, -0.15) is 0 Å². The molecule has 0 aromatic heterocycles. The van der Waals surface area contributed by atoms with Crippen LogP contribution >= 0.6 is 0 Å². The summed E-state index contributed by atoms with van der Waals surface area (Å²) in [5.74, 6) is -0.822. The van der Waals surface area contributed by atoms with E-state index in [1.165, 1.54) is 19.1 Å². The first-order valence-corrected chi connectivity index (χ1v) is 4.83. The predicted molar refractivity (Wildman–Crippen MR) is 56.1 cm³/mol. The Hall–Kier alpha value is -1.16. The standard InChI is InChI=1S/C11H15F2NO/c1-8-6-10(13)11(7-9(8)12)14-4-3-5-15-2/h6-7,14H,3-5H2,1-2H3. The SMILES string of the molecule is COCCCNc1cc(F)c(C)cc1F. The molecule has 0 fully saturated rings. The van der Waals surface area contributed by atoms with Crippen molar-refractivity contribution in [2.45, 2.75) is 13.3 Å². The normalized spacial score (nSPS) is 10.4. The second kappa shape index (κ2) is 5.66. The van der Waals surface area contributed by atoms with Gasteiger partial charge in [0.05, 0.1) is 5.69 Å². The van der Waals surface area contributed by atoms with Crippen molar-refractivity contribution in [1.29, 1.82) is 0 Å². The van der Waals surface area contributed by atoms with E-state index in [-0.39, 0.29) is 5.69 Å². The fourth-order valence-electron chi connectivity index (χ4n) is 1.22. The van der Waals surface area contributed by atoms with Crippen molar-refractivity contribution >= 4 is 5.69 Å². The lowest BCUT2D eigenvalue weighted by Gasteiger charge is -2.08. The van der Waals surface area contributed by atoms with Crippen LogP contribution in [0.5, 0.6) is 0 Å². The van der Waals surface area contributed by atoms with Gasteiger partial charge in [-0.1, -0.05) is 0 Å². The van der Waals surface area contributed by atoms with Crippen LogP contribution in [-0.2, 0) is 4.74 Å². The van der Waals surface area contributed by atoms with Crippen LogP contribution in [0.1, 0.15) is 12.0 Å². The van der Waals surface area contributed by atoms with Gasteiger partial charge in [-0.05, 0) is 25.0 Å². The number of benzene rings is 1. The van der Waals surface area contributed by atoms with Crippen molar-refractivity contribution in [1.82, 2.24) is 0 Å². The van der Waals surface area contributed by atoms with E-state index in [2.05, 4.69) is 5.32 Å². The minimum absolute atomic E-state index is 0.203. The summed E-state index contributed by atoms with van der Waals surface area (Å²) in [6.07, 6.45) is 0.755. The molecule has 0 unspecified atom stereocenters. The van der Waals surface area contributed by atoms with E-state index in [0.717, 1.165) is 6.42 Å². The number of halogens is 2. The van der Waals surface area contributed by atoms with E-state index in [4.69, 9.17) is 4.74 Å². The first-order valence-electron chi connectivity index (χ1n) is 4.83. The molecule has 1 N–H and O–H groups in total. The Labute approximate surface area is 88.3 Å². The summed E-state index contributed by atoms with van der Waals surface area (Å²) in [7, 11) is 1.60. The molecule has 0 aliphatic carbocycles. The fourth-order valence-corrected chi connectivity index (χ4v) is 1.22. The summed E-state index contributed by atoms with van der Waals surface area (Å²) in [6.45, 7) is 2.70. The highest BCUT2D eigenvalue weighted by Gasteiger charge is 2.06. The van der Waals surface area contributed by atoms with Crippen LogP contribution in [0.15, 0.2) is 12.1 Å². The minimum Gasteiger partial charge on any atom is -0.385 e. The Kier molecular flexibility index (Phi) is 4.49. The first-order chi connectivity index (χ1) is 7.15. The zero-order valence-electron chi connectivity index (χ0n) is 8.94. The van der Waals surface area contributed by atoms with Crippen LogP contribution in [0.25, 0.3) is 0 Å². The van der Waals surface area contributed by atoms with Crippen LogP contribution in [0.2, 0.25) is 0 Å². The summed E-state index contributed by atoms with van der Waals surface area (Å²) in [5.41, 5.74) is 0.518. The maximum Gasteiger partial charge on any atom is 0.146 e. The summed E-state index contributed by atoms with van der Waals surface area (Å²) >= 11 is 0. The molecule has 0 saturated heterocycles. The number of aryl methyl sites for hydroxylation is 1. The number of rotatable bonds is 5. The van der Waals surface area contributed by atoms with Gasteiger partial charge in [0.15, 0.2) is 0 Å².